The molecule has 1 unspecified atom stereocenters. The van der Waals surface area contributed by atoms with Crippen molar-refractivity contribution in [2.24, 2.45) is 5.92 Å². The Labute approximate surface area is 127 Å². The lowest BCUT2D eigenvalue weighted by molar-refractivity contribution is -0.108. The molecule has 0 aromatic carbocycles. The van der Waals surface area contributed by atoms with Gasteiger partial charge in [0.05, 0.1) is 5.60 Å². The molecular weight excluding hydrogens is 268 g/mol. The average molecular weight is 296 g/mol. The third-order valence-corrected chi connectivity index (χ3v) is 7.00. The van der Waals surface area contributed by atoms with Gasteiger partial charge in [0.2, 0.25) is 0 Å². The van der Waals surface area contributed by atoms with Crippen LogP contribution in [0.2, 0.25) is 0 Å². The van der Waals surface area contributed by atoms with E-state index in [0.717, 1.165) is 24.6 Å². The van der Waals surface area contributed by atoms with E-state index in [1.807, 2.05) is 0 Å². The van der Waals surface area contributed by atoms with Gasteiger partial charge in [0.25, 0.3) is 0 Å². The molecule has 20 heavy (non-hydrogen) atoms. The molecule has 0 bridgehead atoms. The molecule has 3 nitrogen and oxygen atoms in total. The zero-order chi connectivity index (χ0) is 13.4. The van der Waals surface area contributed by atoms with Gasteiger partial charge in [0, 0.05) is 31.8 Å². The van der Waals surface area contributed by atoms with Crippen LogP contribution < -0.4 is 5.32 Å². The van der Waals surface area contributed by atoms with E-state index in [4.69, 9.17) is 4.74 Å². The molecule has 0 aliphatic carbocycles. The second-order valence-electron chi connectivity index (χ2n) is 7.21. The van der Waals surface area contributed by atoms with E-state index in [0.29, 0.717) is 0 Å². The first-order chi connectivity index (χ1) is 9.85. The summed E-state index contributed by atoms with van der Waals surface area (Å²) >= 11 is 2.11. The minimum Gasteiger partial charge on any atom is -0.375 e. The molecule has 0 amide bonds. The standard InChI is InChI=1S/C16H28N2OS/c1-2-13-11-18(12-15(13)17-6-1)14-3-7-19-16(10-14)4-8-20-9-5-16/h13-15,17H,1-12H2/t13-,14?,15+/m0/s1. The summed E-state index contributed by atoms with van der Waals surface area (Å²) in [6, 6.07) is 1.57. The maximum absolute atomic E-state index is 6.26. The second-order valence-corrected chi connectivity index (χ2v) is 8.43. The maximum atomic E-state index is 6.26. The third-order valence-electron chi connectivity index (χ3n) is 6.01. The third kappa shape index (κ3) is 2.65. The second kappa shape index (κ2) is 5.79. The van der Waals surface area contributed by atoms with Gasteiger partial charge < -0.3 is 10.1 Å². The zero-order valence-electron chi connectivity index (χ0n) is 12.5. The average Bonchev–Trinajstić information content (AvgIpc) is 2.92. The summed E-state index contributed by atoms with van der Waals surface area (Å²) < 4.78 is 6.26. The van der Waals surface area contributed by atoms with Crippen LogP contribution in [0.4, 0.5) is 0 Å². The van der Waals surface area contributed by atoms with Crippen LogP contribution in [0.5, 0.6) is 0 Å². The molecular formula is C16H28N2OS. The Bertz CT molecular complexity index is 326. The Balaban J connectivity index is 1.41. The Morgan fingerprint density at radius 1 is 1.15 bits per heavy atom. The number of nitrogens with one attached hydrogen (secondary N) is 1. The molecule has 1 N–H and O–H groups in total. The highest BCUT2D eigenvalue weighted by atomic mass is 32.2. The first kappa shape index (κ1) is 13.9. The van der Waals surface area contributed by atoms with Crippen molar-refractivity contribution in [3.8, 4) is 0 Å². The molecule has 1 spiro atoms. The first-order valence-corrected chi connectivity index (χ1v) is 9.69. The summed E-state index contributed by atoms with van der Waals surface area (Å²) in [5.41, 5.74) is 0.245. The molecule has 0 aromatic rings. The lowest BCUT2D eigenvalue weighted by Crippen LogP contribution is -2.50. The molecule has 3 atom stereocenters. The Morgan fingerprint density at radius 3 is 2.90 bits per heavy atom. The van der Waals surface area contributed by atoms with Gasteiger partial charge in [-0.1, -0.05) is 0 Å². The van der Waals surface area contributed by atoms with Crippen molar-refractivity contribution in [3.05, 3.63) is 0 Å². The van der Waals surface area contributed by atoms with Crippen LogP contribution in [0.3, 0.4) is 0 Å². The smallest absolute Gasteiger partial charge is 0.0713 e. The number of piperidine rings is 1. The van der Waals surface area contributed by atoms with Crippen LogP contribution in [-0.2, 0) is 4.74 Å². The minimum absolute atomic E-state index is 0.245. The van der Waals surface area contributed by atoms with Gasteiger partial charge in [-0.05, 0) is 62.5 Å². The quantitative estimate of drug-likeness (QED) is 0.801. The molecule has 0 aromatic heterocycles. The van der Waals surface area contributed by atoms with Gasteiger partial charge in [-0.3, -0.25) is 4.90 Å². The highest BCUT2D eigenvalue weighted by Crippen LogP contribution is 2.40. The summed E-state index contributed by atoms with van der Waals surface area (Å²) in [7, 11) is 0. The molecule has 4 fully saturated rings. The summed E-state index contributed by atoms with van der Waals surface area (Å²) in [6.45, 7) is 4.87. The van der Waals surface area contributed by atoms with E-state index in [1.165, 1.54) is 69.7 Å². The van der Waals surface area contributed by atoms with Crippen molar-refractivity contribution in [2.75, 3.05) is 37.7 Å². The first-order valence-electron chi connectivity index (χ1n) is 8.54. The molecule has 4 heterocycles. The highest BCUT2D eigenvalue weighted by Gasteiger charge is 2.43. The summed E-state index contributed by atoms with van der Waals surface area (Å²) in [5.74, 6) is 3.53. The van der Waals surface area contributed by atoms with Crippen molar-refractivity contribution in [2.45, 2.75) is 56.2 Å². The van der Waals surface area contributed by atoms with Crippen molar-refractivity contribution in [3.63, 3.8) is 0 Å². The Morgan fingerprint density at radius 2 is 2.05 bits per heavy atom. The molecule has 4 rings (SSSR count). The molecule has 4 heteroatoms. The SMILES string of the molecule is C1CN[C@@H]2CN(C3CCOC4(CCSCC4)C3)C[C@@H]2C1. The molecule has 4 aliphatic rings. The summed E-state index contributed by atoms with van der Waals surface area (Å²) in [5, 5.41) is 3.74. The van der Waals surface area contributed by atoms with Crippen LogP contribution in [0.25, 0.3) is 0 Å². The summed E-state index contributed by atoms with van der Waals surface area (Å²) in [4.78, 5) is 2.81. The van der Waals surface area contributed by atoms with E-state index in [2.05, 4.69) is 22.0 Å². The monoisotopic (exact) mass is 296 g/mol. The van der Waals surface area contributed by atoms with Crippen LogP contribution in [0.15, 0.2) is 0 Å². The van der Waals surface area contributed by atoms with Crippen LogP contribution in [0.1, 0.15) is 38.5 Å². The maximum Gasteiger partial charge on any atom is 0.0713 e. The number of ether oxygens (including phenoxy) is 1. The Kier molecular flexibility index (Phi) is 4.01. The van der Waals surface area contributed by atoms with E-state index in [9.17, 15) is 0 Å². The van der Waals surface area contributed by atoms with Gasteiger partial charge in [-0.15, -0.1) is 0 Å². The van der Waals surface area contributed by atoms with Crippen LogP contribution in [-0.4, -0.2) is 60.3 Å². The van der Waals surface area contributed by atoms with E-state index in [1.54, 1.807) is 0 Å². The number of thioether (sulfide) groups is 1. The largest absolute Gasteiger partial charge is 0.375 e. The lowest BCUT2D eigenvalue weighted by atomic mass is 9.85. The van der Waals surface area contributed by atoms with E-state index < -0.39 is 0 Å². The normalized spacial score (nSPS) is 41.7. The minimum atomic E-state index is 0.245. The van der Waals surface area contributed by atoms with Crippen molar-refractivity contribution < 1.29 is 4.74 Å². The van der Waals surface area contributed by atoms with Gasteiger partial charge in [-0.2, -0.15) is 11.8 Å². The summed E-state index contributed by atoms with van der Waals surface area (Å²) in [6.07, 6.45) is 7.95. The number of hydrogen-bond acceptors (Lipinski definition) is 4. The van der Waals surface area contributed by atoms with Gasteiger partial charge in [0.1, 0.15) is 0 Å². The van der Waals surface area contributed by atoms with Crippen LogP contribution >= 0.6 is 11.8 Å². The van der Waals surface area contributed by atoms with Crippen molar-refractivity contribution >= 4 is 11.8 Å². The molecule has 4 aliphatic heterocycles. The molecule has 114 valence electrons. The number of rotatable bonds is 1. The molecule has 0 radical (unpaired) electrons. The van der Waals surface area contributed by atoms with Gasteiger partial charge in [-0.25, -0.2) is 0 Å². The fourth-order valence-corrected chi connectivity index (χ4v) is 6.02. The van der Waals surface area contributed by atoms with E-state index in [-0.39, 0.29) is 5.60 Å². The predicted octanol–water partition coefficient (Wildman–Crippen LogP) is 2.11. The van der Waals surface area contributed by atoms with Gasteiger partial charge in [0.15, 0.2) is 0 Å². The number of hydrogen-bond donors (Lipinski definition) is 1. The predicted molar refractivity (Wildman–Crippen MR) is 84.4 cm³/mol. The van der Waals surface area contributed by atoms with Crippen LogP contribution in [0, 0.1) is 5.92 Å². The number of likely N-dealkylation sites (tertiary alicyclic amines) is 1. The zero-order valence-corrected chi connectivity index (χ0v) is 13.3. The highest BCUT2D eigenvalue weighted by molar-refractivity contribution is 7.99. The van der Waals surface area contributed by atoms with Crippen molar-refractivity contribution in [1.29, 1.82) is 0 Å². The lowest BCUT2D eigenvalue weighted by Gasteiger charge is -2.45. The topological polar surface area (TPSA) is 24.5 Å². The van der Waals surface area contributed by atoms with Crippen molar-refractivity contribution in [1.82, 2.24) is 10.2 Å². The fourth-order valence-electron chi connectivity index (χ4n) is 4.78. The fraction of sp³-hybridized carbons (Fsp3) is 1.00. The Hall–Kier alpha value is 0.230. The van der Waals surface area contributed by atoms with E-state index >= 15 is 0 Å². The molecule has 4 saturated heterocycles. The molecule has 0 saturated carbocycles. The number of nitrogens with zero attached hydrogens (tertiary/aromatic N) is 1. The number of fused-ring (bicyclic) bond motifs is 1. The van der Waals surface area contributed by atoms with Gasteiger partial charge >= 0.3 is 0 Å².